The molecule has 5 nitrogen and oxygen atoms in total. The van der Waals surface area contributed by atoms with Crippen LogP contribution in [0.4, 0.5) is 5.95 Å². The molecule has 0 bridgehead atoms. The Hall–Kier alpha value is -1.62. The lowest BCUT2D eigenvalue weighted by atomic mass is 10.1. The maximum atomic E-state index is 5.95. The Morgan fingerprint density at radius 3 is 2.72 bits per heavy atom. The third-order valence-electron chi connectivity index (χ3n) is 3.33. The Morgan fingerprint density at radius 1 is 1.28 bits per heavy atom. The second-order valence-corrected chi connectivity index (χ2v) is 5.00. The first-order chi connectivity index (χ1) is 8.83. The van der Waals surface area contributed by atoms with E-state index in [1.54, 1.807) is 4.68 Å². The lowest BCUT2D eigenvalue weighted by Crippen LogP contribution is -2.19. The Labute approximate surface area is 110 Å². The number of anilines is 1. The molecule has 1 fully saturated rings. The fourth-order valence-corrected chi connectivity index (χ4v) is 2.20. The van der Waals surface area contributed by atoms with E-state index < -0.39 is 0 Å². The van der Waals surface area contributed by atoms with Crippen molar-refractivity contribution in [1.29, 1.82) is 0 Å². The molecule has 94 valence electrons. The number of benzene rings is 1. The first-order valence-corrected chi connectivity index (χ1v) is 6.50. The van der Waals surface area contributed by atoms with Crippen molar-refractivity contribution in [1.82, 2.24) is 20.2 Å². The Kier molecular flexibility index (Phi) is 2.91. The highest BCUT2D eigenvalue weighted by Crippen LogP contribution is 2.46. The van der Waals surface area contributed by atoms with Gasteiger partial charge in [-0.05, 0) is 35.4 Å². The average Bonchev–Trinajstić information content (AvgIpc) is 3.07. The minimum Gasteiger partial charge on any atom is -0.352 e. The number of rotatable bonds is 5. The second-order valence-electron chi connectivity index (χ2n) is 4.74. The van der Waals surface area contributed by atoms with Gasteiger partial charge < -0.3 is 5.32 Å². The molecule has 0 unspecified atom stereocenters. The van der Waals surface area contributed by atoms with Crippen molar-refractivity contribution in [3.05, 3.63) is 30.3 Å². The zero-order valence-electron chi connectivity index (χ0n) is 9.88. The highest BCUT2D eigenvalue weighted by Gasteiger charge is 2.41. The average molecular weight is 264 g/mol. The molecule has 0 atom stereocenters. The highest BCUT2D eigenvalue weighted by atomic mass is 35.5. The third kappa shape index (κ3) is 2.18. The number of halogens is 1. The van der Waals surface area contributed by atoms with Crippen LogP contribution in [0.15, 0.2) is 30.3 Å². The number of nitrogens with one attached hydrogen (secondary N) is 1. The van der Waals surface area contributed by atoms with Crippen LogP contribution in [0.5, 0.6) is 0 Å². The van der Waals surface area contributed by atoms with Crippen LogP contribution in [0.3, 0.4) is 0 Å². The standard InChI is InChI=1S/C12H14ClN5/c13-8-12(6-7-12)9-14-11-15-16-17-18(11)10-4-2-1-3-5-10/h1-5H,6-9H2,(H,14,15,17). The summed E-state index contributed by atoms with van der Waals surface area (Å²) in [6.07, 6.45) is 2.35. The molecule has 18 heavy (non-hydrogen) atoms. The number of para-hydroxylation sites is 1. The Bertz CT molecular complexity index is 520. The van der Waals surface area contributed by atoms with Crippen LogP contribution >= 0.6 is 11.6 Å². The maximum Gasteiger partial charge on any atom is 0.247 e. The van der Waals surface area contributed by atoms with E-state index in [4.69, 9.17) is 11.6 Å². The van der Waals surface area contributed by atoms with Crippen molar-refractivity contribution in [2.75, 3.05) is 17.7 Å². The van der Waals surface area contributed by atoms with Gasteiger partial charge in [-0.1, -0.05) is 23.3 Å². The molecule has 6 heteroatoms. The van der Waals surface area contributed by atoms with Crippen molar-refractivity contribution in [3.8, 4) is 5.69 Å². The summed E-state index contributed by atoms with van der Waals surface area (Å²) in [7, 11) is 0. The van der Waals surface area contributed by atoms with Crippen molar-refractivity contribution in [3.63, 3.8) is 0 Å². The summed E-state index contributed by atoms with van der Waals surface area (Å²) in [6, 6.07) is 9.82. The predicted octanol–water partition coefficient (Wildman–Crippen LogP) is 2.09. The third-order valence-corrected chi connectivity index (χ3v) is 3.90. The molecule has 0 aliphatic heterocycles. The molecule has 1 heterocycles. The van der Waals surface area contributed by atoms with E-state index in [2.05, 4.69) is 20.8 Å². The molecule has 1 aliphatic rings. The summed E-state index contributed by atoms with van der Waals surface area (Å²) in [4.78, 5) is 0. The summed E-state index contributed by atoms with van der Waals surface area (Å²) in [5.74, 6) is 1.35. The minimum absolute atomic E-state index is 0.245. The van der Waals surface area contributed by atoms with Crippen molar-refractivity contribution in [2.24, 2.45) is 5.41 Å². The second kappa shape index (κ2) is 4.57. The molecular formula is C12H14ClN5. The van der Waals surface area contributed by atoms with Gasteiger partial charge in [0, 0.05) is 17.8 Å². The predicted molar refractivity (Wildman–Crippen MR) is 70.0 cm³/mol. The lowest BCUT2D eigenvalue weighted by molar-refractivity contribution is 0.613. The first-order valence-electron chi connectivity index (χ1n) is 5.97. The molecule has 0 amide bonds. The summed E-state index contributed by atoms with van der Waals surface area (Å²) in [5.41, 5.74) is 1.19. The summed E-state index contributed by atoms with van der Waals surface area (Å²) >= 11 is 5.95. The van der Waals surface area contributed by atoms with Crippen molar-refractivity contribution in [2.45, 2.75) is 12.8 Å². The normalized spacial score (nSPS) is 16.5. The molecule has 1 N–H and O–H groups in total. The fraction of sp³-hybridized carbons (Fsp3) is 0.417. The van der Waals surface area contributed by atoms with E-state index in [-0.39, 0.29) is 5.41 Å². The summed E-state index contributed by atoms with van der Waals surface area (Å²) < 4.78 is 1.70. The van der Waals surface area contributed by atoms with Gasteiger partial charge in [-0.25, -0.2) is 0 Å². The van der Waals surface area contributed by atoms with Crippen LogP contribution in [0.25, 0.3) is 5.69 Å². The van der Waals surface area contributed by atoms with E-state index in [0.717, 1.165) is 12.2 Å². The Morgan fingerprint density at radius 2 is 2.06 bits per heavy atom. The van der Waals surface area contributed by atoms with E-state index in [1.807, 2.05) is 30.3 Å². The van der Waals surface area contributed by atoms with Crippen LogP contribution in [0, 0.1) is 5.41 Å². The van der Waals surface area contributed by atoms with Gasteiger partial charge in [-0.3, -0.25) is 0 Å². The minimum atomic E-state index is 0.245. The number of tetrazole rings is 1. The number of hydrogen-bond acceptors (Lipinski definition) is 4. The van der Waals surface area contributed by atoms with Gasteiger partial charge in [0.2, 0.25) is 5.95 Å². The number of nitrogens with zero attached hydrogens (tertiary/aromatic N) is 4. The van der Waals surface area contributed by atoms with Crippen molar-refractivity contribution >= 4 is 17.5 Å². The van der Waals surface area contributed by atoms with Crippen LogP contribution in [-0.4, -0.2) is 32.6 Å². The van der Waals surface area contributed by atoms with Gasteiger partial charge in [0.05, 0.1) is 5.69 Å². The smallest absolute Gasteiger partial charge is 0.247 e. The van der Waals surface area contributed by atoms with Gasteiger partial charge in [0.15, 0.2) is 0 Å². The van der Waals surface area contributed by atoms with Crippen LogP contribution in [0.1, 0.15) is 12.8 Å². The number of alkyl halides is 1. The molecule has 0 spiro atoms. The van der Waals surface area contributed by atoms with Crippen LogP contribution in [-0.2, 0) is 0 Å². The van der Waals surface area contributed by atoms with E-state index in [1.165, 1.54) is 12.8 Å². The summed E-state index contributed by atoms with van der Waals surface area (Å²) in [5, 5.41) is 15.0. The quantitative estimate of drug-likeness (QED) is 0.840. The zero-order valence-corrected chi connectivity index (χ0v) is 10.6. The summed E-state index contributed by atoms with van der Waals surface area (Å²) in [6.45, 7) is 0.823. The molecule has 3 rings (SSSR count). The van der Waals surface area contributed by atoms with Gasteiger partial charge in [-0.2, -0.15) is 4.68 Å². The van der Waals surface area contributed by atoms with Gasteiger partial charge in [0.25, 0.3) is 0 Å². The number of hydrogen-bond donors (Lipinski definition) is 1. The van der Waals surface area contributed by atoms with Crippen molar-refractivity contribution < 1.29 is 0 Å². The molecule has 0 saturated heterocycles. The van der Waals surface area contributed by atoms with Gasteiger partial charge in [-0.15, -0.1) is 11.6 Å². The topological polar surface area (TPSA) is 55.6 Å². The lowest BCUT2D eigenvalue weighted by Gasteiger charge is -2.12. The monoisotopic (exact) mass is 263 g/mol. The molecule has 1 aliphatic carbocycles. The van der Waals surface area contributed by atoms with Crippen LogP contribution in [0.2, 0.25) is 0 Å². The SMILES string of the molecule is ClCC1(CNc2nnnn2-c2ccccc2)CC1. The molecular weight excluding hydrogens is 250 g/mol. The zero-order chi connectivity index (χ0) is 12.4. The van der Waals surface area contributed by atoms with E-state index >= 15 is 0 Å². The molecule has 2 aromatic rings. The largest absolute Gasteiger partial charge is 0.352 e. The fourth-order valence-electron chi connectivity index (χ4n) is 1.84. The number of aromatic nitrogens is 4. The van der Waals surface area contributed by atoms with E-state index in [0.29, 0.717) is 11.8 Å². The molecule has 1 saturated carbocycles. The molecule has 1 aromatic carbocycles. The molecule has 0 radical (unpaired) electrons. The van der Waals surface area contributed by atoms with Crippen LogP contribution < -0.4 is 5.32 Å². The van der Waals surface area contributed by atoms with Gasteiger partial charge in [0.1, 0.15) is 0 Å². The first kappa shape index (κ1) is 11.5. The highest BCUT2D eigenvalue weighted by molar-refractivity contribution is 6.18. The maximum absolute atomic E-state index is 5.95. The molecule has 1 aromatic heterocycles. The van der Waals surface area contributed by atoms with E-state index in [9.17, 15) is 0 Å². The van der Waals surface area contributed by atoms with Gasteiger partial charge >= 0.3 is 0 Å². The Balaban J connectivity index is 1.76.